The van der Waals surface area contributed by atoms with Crippen LogP contribution in [0.3, 0.4) is 0 Å². The van der Waals surface area contributed by atoms with Crippen LogP contribution >= 0.6 is 0 Å². The fourth-order valence-corrected chi connectivity index (χ4v) is 2.99. The predicted molar refractivity (Wildman–Crippen MR) is 85.0 cm³/mol. The molecule has 1 aliphatic heterocycles. The maximum Gasteiger partial charge on any atom is 0.305 e. The Labute approximate surface area is 140 Å². The summed E-state index contributed by atoms with van der Waals surface area (Å²) in [4.78, 5) is 27.9. The third kappa shape index (κ3) is 4.03. The highest BCUT2D eigenvalue weighted by Gasteiger charge is 2.36. The van der Waals surface area contributed by atoms with Gasteiger partial charge < -0.3 is 19.9 Å². The van der Waals surface area contributed by atoms with E-state index in [1.165, 1.54) is 6.20 Å². The number of nitrogens with one attached hydrogen (secondary N) is 1. The van der Waals surface area contributed by atoms with Gasteiger partial charge in [-0.1, -0.05) is 0 Å². The van der Waals surface area contributed by atoms with Gasteiger partial charge in [0.1, 0.15) is 6.10 Å². The predicted octanol–water partition coefficient (Wildman–Crippen LogP) is 1.77. The van der Waals surface area contributed by atoms with Gasteiger partial charge in [0.05, 0.1) is 12.0 Å². The van der Waals surface area contributed by atoms with Crippen LogP contribution in [0.4, 0.5) is 0 Å². The van der Waals surface area contributed by atoms with E-state index in [2.05, 4.69) is 10.3 Å². The van der Waals surface area contributed by atoms with Crippen molar-refractivity contribution in [3.63, 3.8) is 0 Å². The first-order valence-corrected chi connectivity index (χ1v) is 8.31. The van der Waals surface area contributed by atoms with Crippen LogP contribution in [0.2, 0.25) is 0 Å². The second-order valence-electron chi connectivity index (χ2n) is 6.47. The maximum absolute atomic E-state index is 12.6. The molecule has 1 saturated carbocycles. The van der Waals surface area contributed by atoms with Crippen LogP contribution in [-0.4, -0.2) is 46.8 Å². The van der Waals surface area contributed by atoms with Crippen LogP contribution < -0.4 is 10.1 Å². The number of amides is 1. The number of carbonyl (C=O) groups excluding carboxylic acids is 1. The van der Waals surface area contributed by atoms with E-state index in [9.17, 15) is 9.59 Å². The van der Waals surface area contributed by atoms with E-state index < -0.39 is 11.5 Å². The quantitative estimate of drug-likeness (QED) is 0.823. The van der Waals surface area contributed by atoms with Crippen molar-refractivity contribution in [2.24, 2.45) is 0 Å². The number of nitrogens with zero attached hydrogens (tertiary/aromatic N) is 1. The number of rotatable bonds is 6. The first kappa shape index (κ1) is 16.7. The normalized spacial score (nSPS) is 20.0. The highest BCUT2D eigenvalue weighted by Crippen LogP contribution is 2.26. The Hall–Kier alpha value is -2.15. The summed E-state index contributed by atoms with van der Waals surface area (Å²) in [5, 5.41) is 12.1. The maximum atomic E-state index is 12.6. The van der Waals surface area contributed by atoms with Crippen molar-refractivity contribution in [3.8, 4) is 5.88 Å². The highest BCUT2D eigenvalue weighted by atomic mass is 16.5. The van der Waals surface area contributed by atoms with E-state index >= 15 is 0 Å². The van der Waals surface area contributed by atoms with E-state index in [-0.39, 0.29) is 18.4 Å². The average molecular weight is 334 g/mol. The number of aliphatic carboxylic acids is 1. The summed E-state index contributed by atoms with van der Waals surface area (Å²) in [6.07, 6.45) is 5.77. The van der Waals surface area contributed by atoms with Crippen LogP contribution in [0.25, 0.3) is 0 Å². The number of aromatic nitrogens is 1. The van der Waals surface area contributed by atoms with Gasteiger partial charge in [-0.05, 0) is 38.2 Å². The molecule has 2 heterocycles. The minimum Gasteiger partial charge on any atom is -0.481 e. The van der Waals surface area contributed by atoms with Gasteiger partial charge in [-0.15, -0.1) is 0 Å². The minimum absolute atomic E-state index is 0.112. The Kier molecular flexibility index (Phi) is 4.99. The van der Waals surface area contributed by atoms with Crippen LogP contribution in [0.1, 0.15) is 48.9 Å². The summed E-state index contributed by atoms with van der Waals surface area (Å²) in [6.45, 7) is 0.889. The monoisotopic (exact) mass is 334 g/mol. The molecule has 1 amide bonds. The summed E-state index contributed by atoms with van der Waals surface area (Å²) < 4.78 is 11.0. The Morgan fingerprint density at radius 2 is 2.12 bits per heavy atom. The summed E-state index contributed by atoms with van der Waals surface area (Å²) in [6, 6.07) is 3.22. The first-order chi connectivity index (χ1) is 11.6. The van der Waals surface area contributed by atoms with Gasteiger partial charge in [0.25, 0.3) is 5.91 Å². The summed E-state index contributed by atoms with van der Waals surface area (Å²) in [5.74, 6) is -0.799. The number of hydrogen-bond donors (Lipinski definition) is 2. The lowest BCUT2D eigenvalue weighted by Gasteiger charge is -2.36. The van der Waals surface area contributed by atoms with E-state index in [1.54, 1.807) is 12.1 Å². The van der Waals surface area contributed by atoms with Gasteiger partial charge >= 0.3 is 5.97 Å². The lowest BCUT2D eigenvalue weighted by molar-refractivity contribution is -0.139. The Bertz CT molecular complexity index is 609. The molecule has 2 N–H and O–H groups in total. The van der Waals surface area contributed by atoms with Crippen molar-refractivity contribution in [3.05, 3.63) is 23.9 Å². The van der Waals surface area contributed by atoms with Gasteiger partial charge in [0, 0.05) is 31.0 Å². The number of ether oxygens (including phenoxy) is 2. The van der Waals surface area contributed by atoms with Crippen LogP contribution in [0.15, 0.2) is 18.3 Å². The molecular weight excluding hydrogens is 312 g/mol. The van der Waals surface area contributed by atoms with Crippen molar-refractivity contribution >= 4 is 11.9 Å². The fraction of sp³-hybridized carbons (Fsp3) is 0.588. The third-order valence-electron chi connectivity index (χ3n) is 4.65. The molecule has 1 aliphatic carbocycles. The first-order valence-electron chi connectivity index (χ1n) is 8.31. The molecule has 3 rings (SSSR count). The molecule has 0 aromatic carbocycles. The van der Waals surface area contributed by atoms with Gasteiger partial charge in [-0.2, -0.15) is 0 Å². The smallest absolute Gasteiger partial charge is 0.305 e. The van der Waals surface area contributed by atoms with Gasteiger partial charge in [0.2, 0.25) is 5.88 Å². The van der Waals surface area contributed by atoms with Gasteiger partial charge in [-0.25, -0.2) is 4.98 Å². The zero-order valence-electron chi connectivity index (χ0n) is 13.5. The molecule has 1 aromatic rings. The van der Waals surface area contributed by atoms with Crippen LogP contribution in [0.5, 0.6) is 5.88 Å². The number of hydrogen-bond acceptors (Lipinski definition) is 5. The molecule has 0 unspecified atom stereocenters. The molecule has 0 radical (unpaired) electrons. The topological polar surface area (TPSA) is 97.8 Å². The number of pyridine rings is 1. The standard InChI is InChI=1S/C17H22N2O5/c20-15(21)11-17(5-8-23-9-6-17)19-16(22)12-4-7-18-14(10-12)24-13-2-1-3-13/h4,7,10,13H,1-3,5-6,8-9,11H2,(H,19,22)(H,20,21). The van der Waals surface area contributed by atoms with E-state index in [0.29, 0.717) is 37.5 Å². The van der Waals surface area contributed by atoms with Crippen molar-refractivity contribution in [2.75, 3.05) is 13.2 Å². The van der Waals surface area contributed by atoms with Gasteiger partial charge in [0.15, 0.2) is 0 Å². The number of carbonyl (C=O) groups is 2. The van der Waals surface area contributed by atoms with E-state index in [0.717, 1.165) is 19.3 Å². The molecule has 2 aliphatic rings. The zero-order chi connectivity index (χ0) is 17.0. The van der Waals surface area contributed by atoms with Crippen molar-refractivity contribution in [1.29, 1.82) is 0 Å². The molecule has 1 aromatic heterocycles. The summed E-state index contributed by atoms with van der Waals surface area (Å²) in [7, 11) is 0. The molecule has 7 nitrogen and oxygen atoms in total. The second-order valence-corrected chi connectivity index (χ2v) is 6.47. The van der Waals surface area contributed by atoms with E-state index in [1.807, 2.05) is 0 Å². The second kappa shape index (κ2) is 7.17. The Morgan fingerprint density at radius 1 is 1.38 bits per heavy atom. The lowest BCUT2D eigenvalue weighted by Crippen LogP contribution is -2.53. The molecule has 0 spiro atoms. The largest absolute Gasteiger partial charge is 0.481 e. The molecule has 0 bridgehead atoms. The van der Waals surface area contributed by atoms with Crippen molar-refractivity contribution in [1.82, 2.24) is 10.3 Å². The third-order valence-corrected chi connectivity index (χ3v) is 4.65. The molecule has 2 fully saturated rings. The highest BCUT2D eigenvalue weighted by molar-refractivity contribution is 5.95. The molecular formula is C17H22N2O5. The summed E-state index contributed by atoms with van der Waals surface area (Å²) in [5.41, 5.74) is -0.338. The average Bonchev–Trinajstić information content (AvgIpc) is 2.51. The minimum atomic E-state index is -0.930. The number of carboxylic acids is 1. The Balaban J connectivity index is 1.70. The van der Waals surface area contributed by atoms with Crippen LogP contribution in [0, 0.1) is 0 Å². The van der Waals surface area contributed by atoms with E-state index in [4.69, 9.17) is 14.6 Å². The lowest BCUT2D eigenvalue weighted by atomic mass is 9.86. The zero-order valence-corrected chi connectivity index (χ0v) is 13.5. The van der Waals surface area contributed by atoms with Crippen LogP contribution in [-0.2, 0) is 9.53 Å². The summed E-state index contributed by atoms with van der Waals surface area (Å²) >= 11 is 0. The molecule has 24 heavy (non-hydrogen) atoms. The Morgan fingerprint density at radius 3 is 2.75 bits per heavy atom. The molecule has 7 heteroatoms. The molecule has 130 valence electrons. The number of carboxylic acid groups (broad SMARTS) is 1. The van der Waals surface area contributed by atoms with Crippen molar-refractivity contribution in [2.45, 2.75) is 50.2 Å². The van der Waals surface area contributed by atoms with Gasteiger partial charge in [-0.3, -0.25) is 9.59 Å². The molecule has 0 atom stereocenters. The fourth-order valence-electron chi connectivity index (χ4n) is 2.99. The SMILES string of the molecule is O=C(O)CC1(NC(=O)c2ccnc(OC3CCC3)c2)CCOCC1. The van der Waals surface area contributed by atoms with Crippen molar-refractivity contribution < 1.29 is 24.2 Å². The molecule has 1 saturated heterocycles.